The van der Waals surface area contributed by atoms with E-state index in [1.54, 1.807) is 31.2 Å². The van der Waals surface area contributed by atoms with Crippen LogP contribution in [-0.2, 0) is 9.53 Å². The summed E-state index contributed by atoms with van der Waals surface area (Å²) in [5.74, 6) is 0.0211. The van der Waals surface area contributed by atoms with Crippen molar-refractivity contribution in [2.75, 3.05) is 26.3 Å². The molecule has 1 atom stereocenters. The predicted molar refractivity (Wildman–Crippen MR) is 108 cm³/mol. The van der Waals surface area contributed by atoms with E-state index in [1.165, 1.54) is 0 Å². The number of hydrogen-bond acceptors (Lipinski definition) is 5. The van der Waals surface area contributed by atoms with Crippen molar-refractivity contribution < 1.29 is 19.1 Å². The van der Waals surface area contributed by atoms with Crippen LogP contribution in [-0.4, -0.2) is 38.1 Å². The van der Waals surface area contributed by atoms with E-state index in [0.717, 1.165) is 11.3 Å². The van der Waals surface area contributed by atoms with Gasteiger partial charge in [-0.25, -0.2) is 0 Å². The number of carbonyl (C=O) groups is 2. The molecule has 1 unspecified atom stereocenters. The highest BCUT2D eigenvalue weighted by Crippen LogP contribution is 2.22. The molecule has 0 spiro atoms. The highest BCUT2D eigenvalue weighted by Gasteiger charge is 2.22. The molecule has 6 heteroatoms. The van der Waals surface area contributed by atoms with E-state index in [2.05, 4.69) is 5.32 Å². The predicted octanol–water partition coefficient (Wildman–Crippen LogP) is 3.63. The lowest BCUT2D eigenvalue weighted by Crippen LogP contribution is -2.31. The first-order chi connectivity index (χ1) is 12.7. The number of carbonyl (C=O) groups excluding carboxylic acids is 2. The average molecular weight is 392 g/mol. The first-order valence-corrected chi connectivity index (χ1v) is 8.84. The number of halogens is 1. The highest BCUT2D eigenvalue weighted by molar-refractivity contribution is 6.01. The van der Waals surface area contributed by atoms with Crippen LogP contribution in [0.15, 0.2) is 54.6 Å². The van der Waals surface area contributed by atoms with Crippen LogP contribution < -0.4 is 10.1 Å². The number of rotatable bonds is 10. The maximum Gasteiger partial charge on any atom is 0.319 e. The molecule has 0 saturated carbocycles. The van der Waals surface area contributed by atoms with Crippen molar-refractivity contribution in [2.24, 2.45) is 0 Å². The third-order valence-corrected chi connectivity index (χ3v) is 3.89. The van der Waals surface area contributed by atoms with Crippen molar-refractivity contribution in [3.8, 4) is 5.75 Å². The van der Waals surface area contributed by atoms with Gasteiger partial charge in [-0.1, -0.05) is 30.3 Å². The van der Waals surface area contributed by atoms with Crippen LogP contribution in [0, 0.1) is 0 Å². The number of esters is 1. The quantitative estimate of drug-likeness (QED) is 0.495. The van der Waals surface area contributed by atoms with Gasteiger partial charge in [-0.2, -0.15) is 0 Å². The van der Waals surface area contributed by atoms with Crippen LogP contribution in [0.4, 0.5) is 0 Å². The summed E-state index contributed by atoms with van der Waals surface area (Å²) in [5.41, 5.74) is 1.52. The summed E-state index contributed by atoms with van der Waals surface area (Å²) < 4.78 is 10.3. The van der Waals surface area contributed by atoms with Gasteiger partial charge >= 0.3 is 5.97 Å². The fraction of sp³-hybridized carbons (Fsp3) is 0.333. The van der Waals surface area contributed by atoms with Crippen LogP contribution in [0.3, 0.4) is 0 Å². The van der Waals surface area contributed by atoms with E-state index >= 15 is 0 Å². The monoisotopic (exact) mass is 391 g/mol. The zero-order valence-corrected chi connectivity index (χ0v) is 16.5. The van der Waals surface area contributed by atoms with Gasteiger partial charge in [0.1, 0.15) is 5.75 Å². The molecule has 0 aliphatic rings. The molecule has 0 bridgehead atoms. The largest absolute Gasteiger partial charge is 0.494 e. The van der Waals surface area contributed by atoms with E-state index in [0.29, 0.717) is 25.3 Å². The molecule has 1 N–H and O–H groups in total. The summed E-state index contributed by atoms with van der Waals surface area (Å²) in [7, 11) is 0. The number of Topliss-reactive ketones (excluding diaryl/α,β-unsaturated/α-hetero) is 1. The van der Waals surface area contributed by atoms with Crippen molar-refractivity contribution in [1.82, 2.24) is 5.32 Å². The van der Waals surface area contributed by atoms with Gasteiger partial charge in [-0.05, 0) is 43.7 Å². The minimum Gasteiger partial charge on any atom is -0.494 e. The topological polar surface area (TPSA) is 64.6 Å². The third kappa shape index (κ3) is 7.04. The lowest BCUT2D eigenvalue weighted by atomic mass is 9.90. The molecule has 0 aliphatic carbocycles. The minimum absolute atomic E-state index is 0. The number of ether oxygens (including phenoxy) is 2. The van der Waals surface area contributed by atoms with Gasteiger partial charge in [-0.15, -0.1) is 12.4 Å². The van der Waals surface area contributed by atoms with Crippen molar-refractivity contribution in [3.63, 3.8) is 0 Å². The summed E-state index contributed by atoms with van der Waals surface area (Å²) >= 11 is 0. The van der Waals surface area contributed by atoms with Crippen LogP contribution in [0.2, 0.25) is 0 Å². The van der Waals surface area contributed by atoms with E-state index in [-0.39, 0.29) is 36.6 Å². The number of ketones is 1. The van der Waals surface area contributed by atoms with Crippen molar-refractivity contribution in [2.45, 2.75) is 19.8 Å². The standard InChI is InChI=1S/C21H25NO4.ClH/c1-3-25-18-12-10-17(11-13-18)21(24)19(16-8-6-5-7-9-16)14-22-15-20(23)26-4-2;/h5-13,19,22H,3-4,14-15H2,1-2H3;1H. The molecule has 0 radical (unpaired) electrons. The van der Waals surface area contributed by atoms with Crippen molar-refractivity contribution >= 4 is 24.2 Å². The van der Waals surface area contributed by atoms with Gasteiger partial charge < -0.3 is 14.8 Å². The van der Waals surface area contributed by atoms with Gasteiger partial charge in [0.05, 0.1) is 25.7 Å². The number of nitrogens with one attached hydrogen (secondary N) is 1. The Balaban J connectivity index is 0.00000364. The van der Waals surface area contributed by atoms with Gasteiger partial charge in [0.2, 0.25) is 0 Å². The molecular formula is C21H26ClNO4. The summed E-state index contributed by atoms with van der Waals surface area (Å²) in [6, 6.07) is 16.7. The lowest BCUT2D eigenvalue weighted by Gasteiger charge is -2.17. The van der Waals surface area contributed by atoms with Gasteiger partial charge in [0, 0.05) is 12.1 Å². The molecular weight excluding hydrogens is 366 g/mol. The Morgan fingerprint density at radius 1 is 0.963 bits per heavy atom. The lowest BCUT2D eigenvalue weighted by molar-refractivity contribution is -0.142. The smallest absolute Gasteiger partial charge is 0.319 e. The normalized spacial score (nSPS) is 11.2. The van der Waals surface area contributed by atoms with Gasteiger partial charge in [-0.3, -0.25) is 9.59 Å². The van der Waals surface area contributed by atoms with Crippen molar-refractivity contribution in [1.29, 1.82) is 0 Å². The molecule has 0 aliphatic heterocycles. The Labute approximate surface area is 166 Å². The third-order valence-electron chi connectivity index (χ3n) is 3.89. The van der Waals surface area contributed by atoms with E-state index in [4.69, 9.17) is 9.47 Å². The Hall–Kier alpha value is -2.37. The minimum atomic E-state index is -0.386. The Kier molecular flexibility index (Phi) is 10.2. The van der Waals surface area contributed by atoms with Crippen LogP contribution in [0.1, 0.15) is 35.7 Å². The second-order valence-corrected chi connectivity index (χ2v) is 5.72. The molecule has 0 saturated heterocycles. The Morgan fingerprint density at radius 2 is 1.63 bits per heavy atom. The fourth-order valence-electron chi connectivity index (χ4n) is 2.66. The zero-order valence-electron chi connectivity index (χ0n) is 15.6. The molecule has 146 valence electrons. The molecule has 2 aromatic rings. The van der Waals surface area contributed by atoms with E-state index in [1.807, 2.05) is 37.3 Å². The van der Waals surface area contributed by atoms with E-state index < -0.39 is 0 Å². The summed E-state index contributed by atoms with van der Waals surface area (Å²) in [4.78, 5) is 24.5. The molecule has 2 aromatic carbocycles. The number of hydrogen-bond donors (Lipinski definition) is 1. The zero-order chi connectivity index (χ0) is 18.8. The molecule has 0 aromatic heterocycles. The van der Waals surface area contributed by atoms with Gasteiger partial charge in [0.25, 0.3) is 0 Å². The molecule has 0 amide bonds. The van der Waals surface area contributed by atoms with Gasteiger partial charge in [0.15, 0.2) is 5.78 Å². The molecule has 5 nitrogen and oxygen atoms in total. The summed E-state index contributed by atoms with van der Waals surface area (Å²) in [6.45, 7) is 5.04. The maximum atomic E-state index is 13.0. The Bertz CT molecular complexity index is 704. The molecule has 2 rings (SSSR count). The van der Waals surface area contributed by atoms with Crippen molar-refractivity contribution in [3.05, 3.63) is 65.7 Å². The maximum absolute atomic E-state index is 13.0. The fourth-order valence-corrected chi connectivity index (χ4v) is 2.66. The summed E-state index contributed by atoms with van der Waals surface area (Å²) in [6.07, 6.45) is 0. The SMILES string of the molecule is CCOC(=O)CNCC(C(=O)c1ccc(OCC)cc1)c1ccccc1.Cl. The molecule has 27 heavy (non-hydrogen) atoms. The summed E-state index contributed by atoms with van der Waals surface area (Å²) in [5, 5.41) is 3.03. The molecule has 0 fully saturated rings. The Morgan fingerprint density at radius 3 is 2.22 bits per heavy atom. The first kappa shape index (κ1) is 22.7. The average Bonchev–Trinajstić information content (AvgIpc) is 2.66. The van der Waals surface area contributed by atoms with Crippen LogP contribution in [0.25, 0.3) is 0 Å². The van der Waals surface area contributed by atoms with Crippen LogP contribution >= 0.6 is 12.4 Å². The second kappa shape index (κ2) is 12.1. The van der Waals surface area contributed by atoms with Crippen LogP contribution in [0.5, 0.6) is 5.75 Å². The first-order valence-electron chi connectivity index (χ1n) is 8.84. The highest BCUT2D eigenvalue weighted by atomic mass is 35.5. The van der Waals surface area contributed by atoms with E-state index in [9.17, 15) is 9.59 Å². The number of benzene rings is 2. The molecule has 0 heterocycles. The second-order valence-electron chi connectivity index (χ2n) is 5.72.